The van der Waals surface area contributed by atoms with Gasteiger partial charge >= 0.3 is 0 Å². The van der Waals surface area contributed by atoms with Crippen LogP contribution >= 0.6 is 0 Å². The minimum atomic E-state index is 0.548. The summed E-state index contributed by atoms with van der Waals surface area (Å²) in [6.45, 7) is 6.72. The predicted octanol–water partition coefficient (Wildman–Crippen LogP) is 3.40. The van der Waals surface area contributed by atoms with E-state index in [4.69, 9.17) is 14.2 Å². The quantitative estimate of drug-likeness (QED) is 0.485. The Hall–Kier alpha value is -2.89. The van der Waals surface area contributed by atoms with Gasteiger partial charge in [0, 0.05) is 13.1 Å². The van der Waals surface area contributed by atoms with E-state index in [1.807, 2.05) is 43.3 Å². The maximum atomic E-state index is 5.57. The fourth-order valence-corrected chi connectivity index (χ4v) is 2.82. The monoisotopic (exact) mass is 385 g/mol. The van der Waals surface area contributed by atoms with Gasteiger partial charge in [0.15, 0.2) is 17.5 Å². The molecule has 0 saturated heterocycles. The van der Waals surface area contributed by atoms with Gasteiger partial charge in [-0.1, -0.05) is 24.3 Å². The van der Waals surface area contributed by atoms with Crippen LogP contribution in [0, 0.1) is 0 Å². The molecule has 0 unspecified atom stereocenters. The normalized spacial score (nSPS) is 11.1. The topological polar surface area (TPSA) is 64.1 Å². The summed E-state index contributed by atoms with van der Waals surface area (Å²) in [6.07, 6.45) is 0.852. The van der Waals surface area contributed by atoms with Gasteiger partial charge in [0.2, 0.25) is 0 Å². The Morgan fingerprint density at radius 3 is 2.43 bits per heavy atom. The minimum Gasteiger partial charge on any atom is -0.496 e. The van der Waals surface area contributed by atoms with Crippen LogP contribution in [-0.4, -0.2) is 39.9 Å². The van der Waals surface area contributed by atoms with Crippen LogP contribution in [0.4, 0.5) is 0 Å². The molecule has 2 N–H and O–H groups in total. The number of aliphatic imine (C=N–C) groups is 1. The average molecular weight is 386 g/mol. The van der Waals surface area contributed by atoms with Crippen LogP contribution in [-0.2, 0) is 13.0 Å². The van der Waals surface area contributed by atoms with Crippen molar-refractivity contribution in [3.63, 3.8) is 0 Å². The molecule has 6 nitrogen and oxygen atoms in total. The summed E-state index contributed by atoms with van der Waals surface area (Å²) in [5, 5.41) is 6.66. The zero-order chi connectivity index (χ0) is 20.2. The number of guanidine groups is 1. The molecule has 152 valence electrons. The summed E-state index contributed by atoms with van der Waals surface area (Å²) in [5.41, 5.74) is 2.23. The van der Waals surface area contributed by atoms with E-state index in [1.54, 1.807) is 14.2 Å². The molecular weight excluding hydrogens is 354 g/mol. The highest BCUT2D eigenvalue weighted by Crippen LogP contribution is 2.28. The van der Waals surface area contributed by atoms with Crippen molar-refractivity contribution in [1.29, 1.82) is 0 Å². The molecule has 28 heavy (non-hydrogen) atoms. The zero-order valence-electron chi connectivity index (χ0n) is 17.2. The fraction of sp³-hybridized carbons (Fsp3) is 0.409. The Balaban J connectivity index is 1.98. The third-order valence-corrected chi connectivity index (χ3v) is 4.17. The summed E-state index contributed by atoms with van der Waals surface area (Å²) in [6, 6.07) is 14.0. The van der Waals surface area contributed by atoms with E-state index in [2.05, 4.69) is 28.6 Å². The van der Waals surface area contributed by atoms with E-state index in [0.717, 1.165) is 48.3 Å². The highest BCUT2D eigenvalue weighted by molar-refractivity contribution is 5.79. The largest absolute Gasteiger partial charge is 0.496 e. The van der Waals surface area contributed by atoms with E-state index in [9.17, 15) is 0 Å². The number of rotatable bonds is 10. The van der Waals surface area contributed by atoms with Crippen molar-refractivity contribution in [2.75, 3.05) is 33.9 Å². The maximum absolute atomic E-state index is 5.57. The lowest BCUT2D eigenvalue weighted by atomic mass is 10.1. The Morgan fingerprint density at radius 2 is 1.71 bits per heavy atom. The van der Waals surface area contributed by atoms with Crippen LogP contribution in [0.25, 0.3) is 0 Å². The highest BCUT2D eigenvalue weighted by Gasteiger charge is 2.06. The van der Waals surface area contributed by atoms with E-state index in [-0.39, 0.29) is 0 Å². The third kappa shape index (κ3) is 6.37. The molecule has 0 aromatic heterocycles. The average Bonchev–Trinajstić information content (AvgIpc) is 2.73. The number of hydrogen-bond acceptors (Lipinski definition) is 4. The molecule has 0 heterocycles. The molecule has 0 radical (unpaired) electrons. The molecule has 0 fully saturated rings. The van der Waals surface area contributed by atoms with E-state index in [0.29, 0.717) is 13.2 Å². The Kier molecular flexibility index (Phi) is 8.98. The van der Waals surface area contributed by atoms with Crippen molar-refractivity contribution in [3.8, 4) is 17.2 Å². The second kappa shape index (κ2) is 11.7. The van der Waals surface area contributed by atoms with Gasteiger partial charge in [-0.2, -0.15) is 0 Å². The lowest BCUT2D eigenvalue weighted by Gasteiger charge is -2.13. The Bertz CT molecular complexity index is 762. The highest BCUT2D eigenvalue weighted by atomic mass is 16.5. The van der Waals surface area contributed by atoms with Gasteiger partial charge in [0.1, 0.15) is 5.75 Å². The van der Waals surface area contributed by atoms with Crippen molar-refractivity contribution in [3.05, 3.63) is 53.6 Å². The number of para-hydroxylation sites is 1. The lowest BCUT2D eigenvalue weighted by molar-refractivity contribution is 0.310. The first-order valence-corrected chi connectivity index (χ1v) is 9.65. The van der Waals surface area contributed by atoms with Crippen molar-refractivity contribution < 1.29 is 14.2 Å². The summed E-state index contributed by atoms with van der Waals surface area (Å²) in [7, 11) is 3.34. The molecule has 0 aliphatic heterocycles. The summed E-state index contributed by atoms with van der Waals surface area (Å²) < 4.78 is 16.4. The number of methoxy groups -OCH3 is 2. The first-order valence-electron chi connectivity index (χ1n) is 9.65. The molecule has 6 heteroatoms. The fourth-order valence-electron chi connectivity index (χ4n) is 2.82. The summed E-state index contributed by atoms with van der Waals surface area (Å²) in [5.74, 6) is 3.17. The standard InChI is InChI=1S/C22H31N3O3/c1-5-23-22(24-14-13-18-9-7-8-10-19(18)26-3)25-16-17-11-12-20(28-6-2)21(15-17)27-4/h7-12,15H,5-6,13-14,16H2,1-4H3,(H2,23,24,25). The van der Waals surface area contributed by atoms with Crippen LogP contribution in [0.1, 0.15) is 25.0 Å². The molecule has 0 spiro atoms. The molecule has 2 rings (SSSR count). The van der Waals surface area contributed by atoms with E-state index < -0.39 is 0 Å². The van der Waals surface area contributed by atoms with Crippen LogP contribution < -0.4 is 24.8 Å². The number of nitrogens with zero attached hydrogens (tertiary/aromatic N) is 1. The van der Waals surface area contributed by atoms with Gasteiger partial charge in [0.05, 0.1) is 27.4 Å². The summed E-state index contributed by atoms with van der Waals surface area (Å²) >= 11 is 0. The molecule has 0 saturated carbocycles. The maximum Gasteiger partial charge on any atom is 0.191 e. The molecule has 0 aliphatic carbocycles. The van der Waals surface area contributed by atoms with Crippen molar-refractivity contribution in [1.82, 2.24) is 10.6 Å². The van der Waals surface area contributed by atoms with Gasteiger partial charge in [-0.25, -0.2) is 4.99 Å². The van der Waals surface area contributed by atoms with Gasteiger partial charge in [-0.05, 0) is 49.6 Å². The first-order chi connectivity index (χ1) is 13.7. The number of benzene rings is 2. The second-order valence-electron chi connectivity index (χ2n) is 6.10. The van der Waals surface area contributed by atoms with Crippen LogP contribution in [0.3, 0.4) is 0 Å². The Labute approximate surface area is 167 Å². The predicted molar refractivity (Wildman–Crippen MR) is 114 cm³/mol. The van der Waals surface area contributed by atoms with Crippen LogP contribution in [0.15, 0.2) is 47.5 Å². The smallest absolute Gasteiger partial charge is 0.191 e. The van der Waals surface area contributed by atoms with Crippen molar-refractivity contribution in [2.24, 2.45) is 4.99 Å². The molecule has 0 aliphatic rings. The minimum absolute atomic E-state index is 0.548. The third-order valence-electron chi connectivity index (χ3n) is 4.17. The van der Waals surface area contributed by atoms with Crippen molar-refractivity contribution in [2.45, 2.75) is 26.8 Å². The van der Waals surface area contributed by atoms with Gasteiger partial charge in [-0.15, -0.1) is 0 Å². The second-order valence-corrected chi connectivity index (χ2v) is 6.10. The van der Waals surface area contributed by atoms with Crippen molar-refractivity contribution >= 4 is 5.96 Å². The number of ether oxygens (including phenoxy) is 3. The molecule has 2 aromatic rings. The first kappa shape index (κ1) is 21.4. The van der Waals surface area contributed by atoms with Gasteiger partial charge < -0.3 is 24.8 Å². The molecule has 0 amide bonds. The van der Waals surface area contributed by atoms with Crippen LogP contribution in [0.5, 0.6) is 17.2 Å². The SMILES string of the molecule is CCNC(=NCc1ccc(OCC)c(OC)c1)NCCc1ccccc1OC. The molecule has 2 aromatic carbocycles. The molecule has 0 bridgehead atoms. The number of nitrogens with one attached hydrogen (secondary N) is 2. The van der Waals surface area contributed by atoms with E-state index >= 15 is 0 Å². The molecule has 0 atom stereocenters. The van der Waals surface area contributed by atoms with Crippen LogP contribution in [0.2, 0.25) is 0 Å². The number of hydrogen-bond donors (Lipinski definition) is 2. The van der Waals surface area contributed by atoms with Gasteiger partial charge in [0.25, 0.3) is 0 Å². The summed E-state index contributed by atoms with van der Waals surface area (Å²) in [4.78, 5) is 4.68. The zero-order valence-corrected chi connectivity index (χ0v) is 17.2. The van der Waals surface area contributed by atoms with E-state index in [1.165, 1.54) is 5.56 Å². The lowest BCUT2D eigenvalue weighted by Crippen LogP contribution is -2.38. The Morgan fingerprint density at radius 1 is 0.929 bits per heavy atom. The molecular formula is C22H31N3O3. The van der Waals surface area contributed by atoms with Gasteiger partial charge in [-0.3, -0.25) is 0 Å².